The molecule has 4 nitrogen and oxygen atoms in total. The molecule has 2 atom stereocenters. The van der Waals surface area contributed by atoms with E-state index in [1.807, 2.05) is 23.5 Å². The summed E-state index contributed by atoms with van der Waals surface area (Å²) in [6, 6.07) is 0. The number of carbonyl (C=O) groups excluding carboxylic acids is 2. The molecule has 2 unspecified atom stereocenters. The number of carbonyl (C=O) groups is 2. The summed E-state index contributed by atoms with van der Waals surface area (Å²) in [6.45, 7) is 2.30. The smallest absolute Gasteiger partial charge is 0.315 e. The Labute approximate surface area is 156 Å². The normalized spacial score (nSPS) is 24.5. The summed E-state index contributed by atoms with van der Waals surface area (Å²) in [6.07, 6.45) is 0. The molecule has 1 heterocycles. The van der Waals surface area contributed by atoms with E-state index in [2.05, 4.69) is 66.9 Å². The van der Waals surface area contributed by atoms with Gasteiger partial charge in [0.15, 0.2) is 0 Å². The molecule has 0 aromatic rings. The van der Waals surface area contributed by atoms with Gasteiger partial charge < -0.3 is 9.47 Å². The maximum absolute atomic E-state index is 10.5. The lowest BCUT2D eigenvalue weighted by Gasteiger charge is -2.30. The van der Waals surface area contributed by atoms with E-state index < -0.39 is 11.9 Å². The van der Waals surface area contributed by atoms with Gasteiger partial charge in [-0.2, -0.15) is 50.5 Å². The highest BCUT2D eigenvalue weighted by Gasteiger charge is 2.26. The lowest BCUT2D eigenvalue weighted by atomic mass is 10.5. The summed E-state index contributed by atoms with van der Waals surface area (Å²) < 4.78 is 9.84. The first kappa shape index (κ1) is 22.0. The van der Waals surface area contributed by atoms with Gasteiger partial charge in [0.1, 0.15) is 13.2 Å². The van der Waals surface area contributed by atoms with Crippen molar-refractivity contribution in [3.05, 3.63) is 0 Å². The molecule has 0 aromatic carbocycles. The fourth-order valence-corrected chi connectivity index (χ4v) is 4.20. The number of thiol groups is 4. The third kappa shape index (κ3) is 13.2. The summed E-state index contributed by atoms with van der Waals surface area (Å²) >= 11 is 20.0. The van der Waals surface area contributed by atoms with Gasteiger partial charge in [-0.1, -0.05) is 0 Å². The van der Waals surface area contributed by atoms with Crippen molar-refractivity contribution in [2.24, 2.45) is 0 Å². The summed E-state index contributed by atoms with van der Waals surface area (Å²) in [5.74, 6) is 1.42. The van der Waals surface area contributed by atoms with Gasteiger partial charge in [-0.3, -0.25) is 9.59 Å². The van der Waals surface area contributed by atoms with E-state index in [1.165, 1.54) is 0 Å². The average Bonchev–Trinajstić information content (AvgIpc) is 2.46. The number of esters is 2. The molecule has 0 bridgehead atoms. The molecule has 21 heavy (non-hydrogen) atoms. The number of ether oxygens (including phenoxy) is 2. The lowest BCUT2D eigenvalue weighted by Crippen LogP contribution is -2.23. The standard InChI is InChI=1S/C6H10O4S2.C5H10S4/c7-5(3-11)9-1-2-10-6(8)4-12;1-5(7)3-8-4(6)2-9-5/h11-12H,1-4H2;4,6-7H,2-3H2,1H3. The van der Waals surface area contributed by atoms with Crippen LogP contribution in [0.1, 0.15) is 6.92 Å². The zero-order valence-electron chi connectivity index (χ0n) is 11.6. The van der Waals surface area contributed by atoms with Gasteiger partial charge in [0.25, 0.3) is 0 Å². The molecular formula is C11H20O4S6. The van der Waals surface area contributed by atoms with Crippen molar-refractivity contribution >= 4 is 86.0 Å². The van der Waals surface area contributed by atoms with E-state index in [-0.39, 0.29) is 28.8 Å². The Morgan fingerprint density at radius 1 is 1.19 bits per heavy atom. The molecule has 0 aliphatic carbocycles. The molecule has 0 radical (unpaired) electrons. The van der Waals surface area contributed by atoms with Crippen LogP contribution in [0.2, 0.25) is 0 Å². The predicted octanol–water partition coefficient (Wildman–Crippen LogP) is 2.30. The first-order valence-electron chi connectivity index (χ1n) is 5.99. The Kier molecular flexibility index (Phi) is 13.1. The second kappa shape index (κ2) is 12.5. The summed E-state index contributed by atoms with van der Waals surface area (Å²) in [5.41, 5.74) is 0. The molecular weight excluding hydrogens is 389 g/mol. The van der Waals surface area contributed by atoms with Gasteiger partial charge in [-0.15, -0.1) is 23.5 Å². The van der Waals surface area contributed by atoms with Crippen molar-refractivity contribution < 1.29 is 19.1 Å². The molecule has 0 spiro atoms. The van der Waals surface area contributed by atoms with Gasteiger partial charge >= 0.3 is 11.9 Å². The van der Waals surface area contributed by atoms with Crippen molar-refractivity contribution in [1.29, 1.82) is 0 Å². The van der Waals surface area contributed by atoms with E-state index in [9.17, 15) is 9.59 Å². The quantitative estimate of drug-likeness (QED) is 0.318. The number of thioether (sulfide) groups is 2. The van der Waals surface area contributed by atoms with Crippen LogP contribution in [0.25, 0.3) is 0 Å². The van der Waals surface area contributed by atoms with E-state index in [0.29, 0.717) is 4.58 Å². The van der Waals surface area contributed by atoms with Crippen LogP contribution >= 0.6 is 74.0 Å². The molecule has 1 rings (SSSR count). The largest absolute Gasteiger partial charge is 0.461 e. The molecule has 0 N–H and O–H groups in total. The fourth-order valence-electron chi connectivity index (χ4n) is 0.994. The molecule has 0 aromatic heterocycles. The van der Waals surface area contributed by atoms with E-state index >= 15 is 0 Å². The lowest BCUT2D eigenvalue weighted by molar-refractivity contribution is -0.148. The zero-order chi connectivity index (χ0) is 16.3. The summed E-state index contributed by atoms with van der Waals surface area (Å²) in [5, 5.41) is 0. The van der Waals surface area contributed by atoms with Crippen LogP contribution in [-0.4, -0.2) is 56.8 Å². The first-order chi connectivity index (χ1) is 9.80. The SMILES string of the molecule is CC1(S)CSC(S)CS1.O=C(CS)OCCOC(=O)CS. The van der Waals surface area contributed by atoms with Gasteiger partial charge in [-0.05, 0) is 6.92 Å². The highest BCUT2D eigenvalue weighted by molar-refractivity contribution is 8.18. The number of hydrogen-bond acceptors (Lipinski definition) is 10. The number of hydrogen-bond donors (Lipinski definition) is 4. The van der Waals surface area contributed by atoms with E-state index in [1.54, 1.807) is 0 Å². The van der Waals surface area contributed by atoms with Crippen LogP contribution in [0.3, 0.4) is 0 Å². The Hall–Kier alpha value is 1.04. The third-order valence-electron chi connectivity index (χ3n) is 1.95. The third-order valence-corrected chi connectivity index (χ3v) is 7.06. The fraction of sp³-hybridized carbons (Fsp3) is 0.818. The second-order valence-electron chi connectivity index (χ2n) is 4.01. The van der Waals surface area contributed by atoms with E-state index in [4.69, 9.17) is 0 Å². The Balaban J connectivity index is 0.000000394. The second-order valence-corrected chi connectivity index (χ2v) is 9.62. The van der Waals surface area contributed by atoms with Crippen molar-refractivity contribution in [2.75, 3.05) is 36.2 Å². The number of rotatable bonds is 5. The Morgan fingerprint density at radius 2 is 1.67 bits per heavy atom. The zero-order valence-corrected chi connectivity index (χ0v) is 16.8. The molecule has 0 amide bonds. The molecule has 1 saturated heterocycles. The highest BCUT2D eigenvalue weighted by atomic mass is 32.2. The minimum atomic E-state index is -0.430. The highest BCUT2D eigenvalue weighted by Crippen LogP contribution is 2.41. The molecule has 1 fully saturated rings. The predicted molar refractivity (Wildman–Crippen MR) is 105 cm³/mol. The van der Waals surface area contributed by atoms with E-state index in [0.717, 1.165) is 11.5 Å². The molecule has 0 saturated carbocycles. The maximum Gasteiger partial charge on any atom is 0.315 e. The Bertz CT molecular complexity index is 298. The van der Waals surface area contributed by atoms with Gasteiger partial charge in [0, 0.05) is 11.5 Å². The molecule has 10 heteroatoms. The van der Waals surface area contributed by atoms with Crippen LogP contribution in [0.4, 0.5) is 0 Å². The van der Waals surface area contributed by atoms with Crippen LogP contribution in [0.5, 0.6) is 0 Å². The van der Waals surface area contributed by atoms with Crippen LogP contribution in [0.15, 0.2) is 0 Å². The first-order valence-corrected chi connectivity index (χ1v) is 10.3. The molecule has 1 aliphatic heterocycles. The molecule has 1 aliphatic rings. The monoisotopic (exact) mass is 408 g/mol. The van der Waals surface area contributed by atoms with Gasteiger partial charge in [0.05, 0.1) is 20.2 Å². The average molecular weight is 409 g/mol. The molecule has 124 valence electrons. The van der Waals surface area contributed by atoms with Crippen LogP contribution in [-0.2, 0) is 19.1 Å². The summed E-state index contributed by atoms with van der Waals surface area (Å²) in [7, 11) is 0. The summed E-state index contributed by atoms with van der Waals surface area (Å²) in [4.78, 5) is 20.9. The van der Waals surface area contributed by atoms with Gasteiger partial charge in [-0.25, -0.2) is 0 Å². The minimum Gasteiger partial charge on any atom is -0.461 e. The van der Waals surface area contributed by atoms with Crippen LogP contribution in [0, 0.1) is 0 Å². The Morgan fingerprint density at radius 3 is 1.95 bits per heavy atom. The topological polar surface area (TPSA) is 52.6 Å². The van der Waals surface area contributed by atoms with Crippen molar-refractivity contribution in [3.8, 4) is 0 Å². The van der Waals surface area contributed by atoms with Crippen molar-refractivity contribution in [3.63, 3.8) is 0 Å². The van der Waals surface area contributed by atoms with Crippen molar-refractivity contribution in [1.82, 2.24) is 0 Å². The van der Waals surface area contributed by atoms with Crippen LogP contribution < -0.4 is 0 Å². The minimum absolute atomic E-state index is 0.0283. The maximum atomic E-state index is 10.5. The van der Waals surface area contributed by atoms with Gasteiger partial charge in [0.2, 0.25) is 0 Å². The van der Waals surface area contributed by atoms with Crippen molar-refractivity contribution in [2.45, 2.75) is 15.6 Å².